The Hall–Kier alpha value is -0.760. The van der Waals surface area contributed by atoms with E-state index in [9.17, 15) is 0 Å². The predicted molar refractivity (Wildman–Crippen MR) is 46.3 cm³/mol. The van der Waals surface area contributed by atoms with E-state index in [1.165, 1.54) is 0 Å². The van der Waals surface area contributed by atoms with Crippen LogP contribution in [0, 0.1) is 0 Å². The average molecular weight is 153 g/mol. The fourth-order valence-corrected chi connectivity index (χ4v) is 0.998. The summed E-state index contributed by atoms with van der Waals surface area (Å²) in [7, 11) is 2.08. The first kappa shape index (κ1) is 8.34. The number of ether oxygens (including phenoxy) is 1. The highest BCUT2D eigenvalue weighted by Crippen LogP contribution is 2.10. The van der Waals surface area contributed by atoms with Crippen LogP contribution in [0.25, 0.3) is 0 Å². The lowest BCUT2D eigenvalue weighted by atomic mass is 10.3. The van der Waals surface area contributed by atoms with Crippen molar-refractivity contribution in [2.45, 2.75) is 6.92 Å². The van der Waals surface area contributed by atoms with Crippen molar-refractivity contribution in [3.8, 4) is 0 Å². The lowest BCUT2D eigenvalue weighted by Crippen LogP contribution is -2.20. The van der Waals surface area contributed by atoms with E-state index in [1.807, 2.05) is 6.92 Å². The summed E-state index contributed by atoms with van der Waals surface area (Å²) in [4.78, 5) is 2.22. The van der Waals surface area contributed by atoms with Crippen LogP contribution < -0.4 is 0 Å². The Bertz CT molecular complexity index is 184. The van der Waals surface area contributed by atoms with Crippen molar-refractivity contribution >= 4 is 0 Å². The van der Waals surface area contributed by atoms with Gasteiger partial charge in [0.05, 0.1) is 0 Å². The molecule has 0 aromatic heterocycles. The third kappa shape index (κ3) is 2.39. The van der Waals surface area contributed by atoms with Crippen LogP contribution >= 0.6 is 0 Å². The van der Waals surface area contributed by atoms with Crippen molar-refractivity contribution in [1.82, 2.24) is 4.90 Å². The SMILES string of the molecule is C=C(C)C1=CCN(C)CCO1. The summed E-state index contributed by atoms with van der Waals surface area (Å²) < 4.78 is 5.45. The summed E-state index contributed by atoms with van der Waals surface area (Å²) in [5.74, 6) is 0.953. The molecule has 1 rings (SSSR count). The van der Waals surface area contributed by atoms with Gasteiger partial charge in [-0.25, -0.2) is 0 Å². The molecule has 0 fully saturated rings. The van der Waals surface area contributed by atoms with Crippen LogP contribution in [0.3, 0.4) is 0 Å². The molecule has 0 aliphatic carbocycles. The number of likely N-dealkylation sites (N-methyl/N-ethyl adjacent to an activating group) is 1. The van der Waals surface area contributed by atoms with E-state index in [0.717, 1.165) is 31.0 Å². The van der Waals surface area contributed by atoms with Crippen molar-refractivity contribution in [1.29, 1.82) is 0 Å². The maximum Gasteiger partial charge on any atom is 0.118 e. The van der Waals surface area contributed by atoms with Crippen LogP contribution in [0.1, 0.15) is 6.92 Å². The summed E-state index contributed by atoms with van der Waals surface area (Å²) >= 11 is 0. The highest BCUT2D eigenvalue weighted by Gasteiger charge is 2.06. The van der Waals surface area contributed by atoms with Gasteiger partial charge in [0.25, 0.3) is 0 Å². The van der Waals surface area contributed by atoms with E-state index in [4.69, 9.17) is 4.74 Å². The summed E-state index contributed by atoms with van der Waals surface area (Å²) in [5, 5.41) is 0. The number of rotatable bonds is 1. The largest absolute Gasteiger partial charge is 0.492 e. The highest BCUT2D eigenvalue weighted by atomic mass is 16.5. The molecule has 0 spiro atoms. The smallest absolute Gasteiger partial charge is 0.118 e. The summed E-state index contributed by atoms with van der Waals surface area (Å²) in [6, 6.07) is 0. The first-order valence-corrected chi connectivity index (χ1v) is 3.87. The molecular formula is C9H15NO. The summed E-state index contributed by atoms with van der Waals surface area (Å²) in [6.07, 6.45) is 2.08. The first-order valence-electron chi connectivity index (χ1n) is 3.87. The van der Waals surface area contributed by atoms with Gasteiger partial charge in [0, 0.05) is 13.1 Å². The van der Waals surface area contributed by atoms with Gasteiger partial charge in [0.2, 0.25) is 0 Å². The van der Waals surface area contributed by atoms with E-state index < -0.39 is 0 Å². The fraction of sp³-hybridized carbons (Fsp3) is 0.556. The molecule has 0 saturated heterocycles. The zero-order valence-corrected chi connectivity index (χ0v) is 7.26. The molecule has 62 valence electrons. The summed E-state index contributed by atoms with van der Waals surface area (Å²) in [6.45, 7) is 8.53. The topological polar surface area (TPSA) is 12.5 Å². The minimum absolute atomic E-state index is 0.773. The lowest BCUT2D eigenvalue weighted by Gasteiger charge is -2.09. The monoisotopic (exact) mass is 153 g/mol. The molecule has 0 N–H and O–H groups in total. The molecule has 0 aromatic rings. The van der Waals surface area contributed by atoms with Gasteiger partial charge in [-0.1, -0.05) is 6.58 Å². The Morgan fingerprint density at radius 2 is 2.45 bits per heavy atom. The molecule has 0 atom stereocenters. The Labute approximate surface area is 68.1 Å². The zero-order valence-electron chi connectivity index (χ0n) is 7.26. The average Bonchev–Trinajstić information content (AvgIpc) is 2.13. The fourth-order valence-electron chi connectivity index (χ4n) is 0.998. The maximum absolute atomic E-state index is 5.45. The van der Waals surface area contributed by atoms with Crippen LogP contribution in [0.2, 0.25) is 0 Å². The van der Waals surface area contributed by atoms with Crippen molar-refractivity contribution < 1.29 is 4.74 Å². The number of hydrogen-bond donors (Lipinski definition) is 0. The number of hydrogen-bond acceptors (Lipinski definition) is 2. The van der Waals surface area contributed by atoms with Crippen LogP contribution in [-0.2, 0) is 4.74 Å². The molecule has 0 bridgehead atoms. The molecule has 1 heterocycles. The van der Waals surface area contributed by atoms with E-state index >= 15 is 0 Å². The van der Waals surface area contributed by atoms with Crippen LogP contribution in [0.4, 0.5) is 0 Å². The minimum Gasteiger partial charge on any atom is -0.492 e. The number of allylic oxidation sites excluding steroid dienone is 1. The quantitative estimate of drug-likeness (QED) is 0.564. The molecule has 2 heteroatoms. The number of nitrogens with zero attached hydrogens (tertiary/aromatic N) is 1. The van der Waals surface area contributed by atoms with Crippen LogP contribution in [-0.4, -0.2) is 31.6 Å². The van der Waals surface area contributed by atoms with Gasteiger partial charge in [-0.15, -0.1) is 0 Å². The van der Waals surface area contributed by atoms with Gasteiger partial charge in [-0.2, -0.15) is 0 Å². The summed E-state index contributed by atoms with van der Waals surface area (Å²) in [5.41, 5.74) is 1.01. The third-order valence-electron chi connectivity index (χ3n) is 1.74. The van der Waals surface area contributed by atoms with E-state index in [1.54, 1.807) is 0 Å². The van der Waals surface area contributed by atoms with Crippen molar-refractivity contribution in [3.63, 3.8) is 0 Å². The molecular weight excluding hydrogens is 138 g/mol. The Balaban J connectivity index is 2.58. The first-order chi connectivity index (χ1) is 5.20. The molecule has 11 heavy (non-hydrogen) atoms. The van der Waals surface area contributed by atoms with E-state index in [0.29, 0.717) is 0 Å². The Morgan fingerprint density at radius 1 is 1.73 bits per heavy atom. The normalized spacial score (nSPS) is 20.0. The van der Waals surface area contributed by atoms with Crippen molar-refractivity contribution in [2.75, 3.05) is 26.7 Å². The molecule has 1 aliphatic heterocycles. The van der Waals surface area contributed by atoms with Gasteiger partial charge < -0.3 is 4.74 Å². The third-order valence-corrected chi connectivity index (χ3v) is 1.74. The van der Waals surface area contributed by atoms with Gasteiger partial charge in [0.15, 0.2) is 0 Å². The molecule has 0 saturated carbocycles. The van der Waals surface area contributed by atoms with Crippen molar-refractivity contribution in [3.05, 3.63) is 24.0 Å². The standard InChI is InChI=1S/C9H15NO/c1-8(2)9-4-5-10(3)6-7-11-9/h4H,1,5-7H2,2-3H3. The second-order valence-electron chi connectivity index (χ2n) is 2.96. The molecule has 0 aromatic carbocycles. The van der Waals surface area contributed by atoms with Gasteiger partial charge >= 0.3 is 0 Å². The van der Waals surface area contributed by atoms with Gasteiger partial charge in [-0.3, -0.25) is 4.90 Å². The Morgan fingerprint density at radius 3 is 3.09 bits per heavy atom. The van der Waals surface area contributed by atoms with E-state index in [-0.39, 0.29) is 0 Å². The molecule has 2 nitrogen and oxygen atoms in total. The van der Waals surface area contributed by atoms with E-state index in [2.05, 4.69) is 24.6 Å². The maximum atomic E-state index is 5.45. The lowest BCUT2D eigenvalue weighted by molar-refractivity contribution is 0.200. The predicted octanol–water partition coefficient (Wildman–Crippen LogP) is 1.41. The van der Waals surface area contributed by atoms with Crippen molar-refractivity contribution in [2.24, 2.45) is 0 Å². The Kier molecular flexibility index (Phi) is 2.71. The van der Waals surface area contributed by atoms with Crippen LogP contribution in [0.15, 0.2) is 24.0 Å². The molecule has 0 amide bonds. The second-order valence-corrected chi connectivity index (χ2v) is 2.96. The highest BCUT2D eigenvalue weighted by molar-refractivity contribution is 5.20. The molecule has 0 unspecified atom stereocenters. The zero-order chi connectivity index (χ0) is 8.27. The molecule has 0 radical (unpaired) electrons. The minimum atomic E-state index is 0.773. The van der Waals surface area contributed by atoms with Gasteiger partial charge in [0.1, 0.15) is 12.4 Å². The van der Waals surface area contributed by atoms with Crippen LogP contribution in [0.5, 0.6) is 0 Å². The van der Waals surface area contributed by atoms with Gasteiger partial charge in [-0.05, 0) is 25.6 Å². The second kappa shape index (κ2) is 3.58. The molecule has 1 aliphatic rings.